The fraction of sp³-hybridized carbons (Fsp3) is 0.257. The van der Waals surface area contributed by atoms with Crippen LogP contribution in [0.25, 0.3) is 10.4 Å². The van der Waals surface area contributed by atoms with Crippen LogP contribution in [0.15, 0.2) is 107 Å². The van der Waals surface area contributed by atoms with E-state index in [1.165, 1.54) is 0 Å². The van der Waals surface area contributed by atoms with E-state index in [4.69, 9.17) is 25.1 Å². The molecule has 1 amide bonds. The Labute approximate surface area is 279 Å². The number of rotatable bonds is 14. The molecule has 0 spiro atoms. The molecular formula is C35H32F4N6O4. The highest BCUT2D eigenvalue weighted by Crippen LogP contribution is 2.44. The van der Waals surface area contributed by atoms with Gasteiger partial charge in [0.05, 0.1) is 18.7 Å². The van der Waals surface area contributed by atoms with Gasteiger partial charge in [0.25, 0.3) is 5.91 Å². The Morgan fingerprint density at radius 2 is 1.76 bits per heavy atom. The smallest absolute Gasteiger partial charge is 0.416 e. The molecule has 1 heterocycles. The molecule has 4 aromatic rings. The summed E-state index contributed by atoms with van der Waals surface area (Å²) in [6, 6.07) is 25.1. The summed E-state index contributed by atoms with van der Waals surface area (Å²) in [5, 5.41) is 12.8. The first-order valence-corrected chi connectivity index (χ1v) is 15.3. The number of alkyl halides is 3. The SMILES string of the molecule is [N-]=[N+]=NCc1ccccc1[C@@H]1OC(c2ccc(OCCCO)cc2)=N[C@]1(Cc1ccccc1)C(=O)NNCc1cc(F)cc(C(F)(F)F)c1. The van der Waals surface area contributed by atoms with E-state index in [1.807, 2.05) is 30.3 Å². The van der Waals surface area contributed by atoms with Gasteiger partial charge in [-0.2, -0.15) is 13.2 Å². The van der Waals surface area contributed by atoms with Crippen molar-refractivity contribution in [3.8, 4) is 5.75 Å². The number of nitrogens with zero attached hydrogens (tertiary/aromatic N) is 4. The fourth-order valence-corrected chi connectivity index (χ4v) is 5.46. The molecule has 1 aliphatic rings. The van der Waals surface area contributed by atoms with Crippen LogP contribution in [-0.2, 0) is 35.2 Å². The number of hydrazine groups is 1. The average molecular weight is 677 g/mol. The van der Waals surface area contributed by atoms with E-state index in [9.17, 15) is 22.4 Å². The summed E-state index contributed by atoms with van der Waals surface area (Å²) >= 11 is 0. The molecular weight excluding hydrogens is 644 g/mol. The molecule has 14 heteroatoms. The average Bonchev–Trinajstić information content (AvgIpc) is 3.47. The van der Waals surface area contributed by atoms with Crippen molar-refractivity contribution in [3.05, 3.63) is 147 Å². The number of hydrogen-bond donors (Lipinski definition) is 3. The van der Waals surface area contributed by atoms with Gasteiger partial charge in [0.15, 0.2) is 11.6 Å². The molecule has 0 saturated heterocycles. The second-order valence-electron chi connectivity index (χ2n) is 11.2. The van der Waals surface area contributed by atoms with Gasteiger partial charge in [-0.25, -0.2) is 14.8 Å². The van der Waals surface area contributed by atoms with Gasteiger partial charge < -0.3 is 14.6 Å². The third kappa shape index (κ3) is 8.54. The summed E-state index contributed by atoms with van der Waals surface area (Å²) in [4.78, 5) is 22.2. The third-order valence-corrected chi connectivity index (χ3v) is 7.77. The molecule has 0 unspecified atom stereocenters. The van der Waals surface area contributed by atoms with Gasteiger partial charge in [-0.1, -0.05) is 59.7 Å². The van der Waals surface area contributed by atoms with Crippen molar-refractivity contribution in [2.75, 3.05) is 13.2 Å². The van der Waals surface area contributed by atoms with Crippen LogP contribution in [0.3, 0.4) is 0 Å². The van der Waals surface area contributed by atoms with Gasteiger partial charge in [0.2, 0.25) is 5.90 Å². The first-order chi connectivity index (χ1) is 23.6. The highest BCUT2D eigenvalue weighted by molar-refractivity contribution is 6.01. The molecule has 0 bridgehead atoms. The topological polar surface area (TPSA) is 141 Å². The summed E-state index contributed by atoms with van der Waals surface area (Å²) in [7, 11) is 0. The Hall–Kier alpha value is -5.43. The number of halogens is 4. The van der Waals surface area contributed by atoms with E-state index in [2.05, 4.69) is 20.9 Å². The Kier molecular flexibility index (Phi) is 11.1. The van der Waals surface area contributed by atoms with Crippen molar-refractivity contribution >= 4 is 11.8 Å². The van der Waals surface area contributed by atoms with Crippen molar-refractivity contribution in [2.45, 2.75) is 43.8 Å². The Morgan fingerprint density at radius 1 is 1.02 bits per heavy atom. The molecule has 0 radical (unpaired) electrons. The number of aliphatic imine (C=N–C) groups is 1. The van der Waals surface area contributed by atoms with Crippen LogP contribution in [0.1, 0.15) is 45.9 Å². The molecule has 2 atom stereocenters. The molecule has 10 nitrogen and oxygen atoms in total. The van der Waals surface area contributed by atoms with Crippen LogP contribution < -0.4 is 15.6 Å². The van der Waals surface area contributed by atoms with E-state index >= 15 is 0 Å². The van der Waals surface area contributed by atoms with E-state index in [-0.39, 0.29) is 37.6 Å². The maximum atomic E-state index is 14.4. The Balaban J connectivity index is 1.54. The minimum atomic E-state index is -4.76. The first-order valence-electron chi connectivity index (χ1n) is 15.3. The number of ether oxygens (including phenoxy) is 2. The zero-order valence-corrected chi connectivity index (χ0v) is 26.0. The van der Waals surface area contributed by atoms with Crippen LogP contribution in [0, 0.1) is 5.82 Å². The van der Waals surface area contributed by atoms with Gasteiger partial charge in [-0.15, -0.1) is 0 Å². The highest BCUT2D eigenvalue weighted by atomic mass is 19.4. The number of nitrogens with one attached hydrogen (secondary N) is 2. The molecule has 0 fully saturated rings. The van der Waals surface area contributed by atoms with E-state index in [0.717, 1.165) is 17.7 Å². The maximum absolute atomic E-state index is 14.4. The molecule has 3 N–H and O–H groups in total. The van der Waals surface area contributed by atoms with E-state index in [1.54, 1.807) is 48.5 Å². The molecule has 254 valence electrons. The summed E-state index contributed by atoms with van der Waals surface area (Å²) < 4.78 is 66.2. The second-order valence-corrected chi connectivity index (χ2v) is 11.2. The standard InChI is InChI=1S/C35H32F4N6O4/c36-28-18-24(17-27(19-28)35(37,38)39)21-41-44-33(47)34(20-23-7-2-1-3-8-23)31(30-10-5-4-9-26(30)22-42-45-40)49-32(43-34)25-11-13-29(14-12-25)48-16-6-15-46/h1-5,7-14,17-19,31,41,46H,6,15-16,20-22H2,(H,44,47)/t31-,34-/m0/s1. The number of aliphatic hydroxyl groups is 1. The monoisotopic (exact) mass is 676 g/mol. The second kappa shape index (κ2) is 15.6. The van der Waals surface area contributed by atoms with Gasteiger partial charge in [-0.05, 0) is 70.2 Å². The van der Waals surface area contributed by atoms with Crippen LogP contribution >= 0.6 is 0 Å². The van der Waals surface area contributed by atoms with Crippen molar-refractivity contribution in [3.63, 3.8) is 0 Å². The number of azide groups is 1. The van der Waals surface area contributed by atoms with E-state index in [0.29, 0.717) is 41.5 Å². The number of aliphatic hydroxyl groups excluding tert-OH is 1. The Bertz CT molecular complexity index is 1830. The molecule has 5 rings (SSSR count). The van der Waals surface area contributed by atoms with E-state index < -0.39 is 35.1 Å². The molecule has 49 heavy (non-hydrogen) atoms. The molecule has 0 aromatic heterocycles. The lowest BCUT2D eigenvalue weighted by molar-refractivity contribution is -0.138. The van der Waals surface area contributed by atoms with Crippen molar-refractivity contribution in [1.29, 1.82) is 0 Å². The maximum Gasteiger partial charge on any atom is 0.416 e. The van der Waals surface area contributed by atoms with Crippen molar-refractivity contribution in [1.82, 2.24) is 10.9 Å². The predicted molar refractivity (Wildman–Crippen MR) is 173 cm³/mol. The summed E-state index contributed by atoms with van der Waals surface area (Å²) in [5.74, 6) is -1.06. The van der Waals surface area contributed by atoms with Crippen LogP contribution in [-0.4, -0.2) is 35.7 Å². The number of carbonyl (C=O) groups is 1. The minimum Gasteiger partial charge on any atom is -0.494 e. The number of carbonyl (C=O) groups excluding carboxylic acids is 1. The number of benzene rings is 4. The summed E-state index contributed by atoms with van der Waals surface area (Å²) in [6.45, 7) is -0.0637. The van der Waals surface area contributed by atoms with Gasteiger partial charge in [0.1, 0.15) is 11.6 Å². The van der Waals surface area contributed by atoms with Crippen LogP contribution in [0.5, 0.6) is 5.75 Å². The molecule has 4 aromatic carbocycles. The zero-order valence-electron chi connectivity index (χ0n) is 26.0. The van der Waals surface area contributed by atoms with Crippen molar-refractivity contribution < 1.29 is 36.9 Å². The Morgan fingerprint density at radius 3 is 2.47 bits per heavy atom. The normalized spacial score (nSPS) is 17.1. The minimum absolute atomic E-state index is 0.0114. The van der Waals surface area contributed by atoms with Gasteiger partial charge in [0, 0.05) is 36.5 Å². The van der Waals surface area contributed by atoms with Crippen LogP contribution in [0.4, 0.5) is 17.6 Å². The third-order valence-electron chi connectivity index (χ3n) is 7.77. The molecule has 0 saturated carbocycles. The largest absolute Gasteiger partial charge is 0.494 e. The van der Waals surface area contributed by atoms with Gasteiger partial charge >= 0.3 is 6.18 Å². The highest BCUT2D eigenvalue weighted by Gasteiger charge is 2.54. The summed E-state index contributed by atoms with van der Waals surface area (Å²) in [5.41, 5.74) is 13.8. The lowest BCUT2D eigenvalue weighted by atomic mass is 9.81. The number of hydrogen-bond acceptors (Lipinski definition) is 7. The van der Waals surface area contributed by atoms with Gasteiger partial charge in [-0.3, -0.25) is 10.2 Å². The predicted octanol–water partition coefficient (Wildman–Crippen LogP) is 6.74. The lowest BCUT2D eigenvalue weighted by Gasteiger charge is -2.31. The quantitative estimate of drug-likeness (QED) is 0.0339. The lowest BCUT2D eigenvalue weighted by Crippen LogP contribution is -2.53. The molecule has 1 aliphatic heterocycles. The van der Waals surface area contributed by atoms with Crippen molar-refractivity contribution in [2.24, 2.45) is 10.1 Å². The molecule has 0 aliphatic carbocycles. The van der Waals surface area contributed by atoms with Crippen LogP contribution in [0.2, 0.25) is 0 Å². The fourth-order valence-electron chi connectivity index (χ4n) is 5.46. The summed E-state index contributed by atoms with van der Waals surface area (Å²) in [6.07, 6.45) is -5.32. The number of amides is 1. The zero-order chi connectivity index (χ0) is 34.9. The first kappa shape index (κ1) is 34.9.